The van der Waals surface area contributed by atoms with Gasteiger partial charge in [0.25, 0.3) is 5.91 Å². The minimum absolute atomic E-state index is 0.0336. The van der Waals surface area contributed by atoms with Crippen molar-refractivity contribution >= 4 is 47.3 Å². The lowest BCUT2D eigenvalue weighted by molar-refractivity contribution is 0.0174. The van der Waals surface area contributed by atoms with E-state index in [0.29, 0.717) is 0 Å². The number of halogens is 1. The van der Waals surface area contributed by atoms with Gasteiger partial charge >= 0.3 is 12.2 Å². The van der Waals surface area contributed by atoms with Crippen LogP contribution in [0, 0.1) is 5.41 Å². The first-order chi connectivity index (χ1) is 17.9. The molecular weight excluding hydrogens is 516 g/mol. The van der Waals surface area contributed by atoms with Crippen LogP contribution in [-0.4, -0.2) is 68.6 Å². The summed E-state index contributed by atoms with van der Waals surface area (Å²) in [4.78, 5) is 48.8. The van der Waals surface area contributed by atoms with Crippen LogP contribution < -0.4 is 16.8 Å². The molecule has 1 aromatic heterocycles. The van der Waals surface area contributed by atoms with Crippen molar-refractivity contribution in [2.24, 2.45) is 0 Å². The molecule has 0 saturated carbocycles. The number of nitrogens with one attached hydrogen (secondary N) is 2. The zero-order valence-corrected chi connectivity index (χ0v) is 22.1. The third-order valence-corrected chi connectivity index (χ3v) is 5.76. The molecule has 0 atom stereocenters. The number of carbonyl (C=O) groups is 3. The number of rotatable bonds is 4. The molecule has 0 radical (unpaired) electrons. The molecule has 14 heteroatoms. The average Bonchev–Trinajstić information content (AvgIpc) is 2.85. The van der Waals surface area contributed by atoms with Gasteiger partial charge in [0.1, 0.15) is 12.2 Å². The number of anilines is 2. The van der Waals surface area contributed by atoms with E-state index in [1.807, 2.05) is 6.07 Å². The number of amides is 3. The first-order valence-electron chi connectivity index (χ1n) is 11.8. The molecule has 1 aliphatic rings. The van der Waals surface area contributed by atoms with Crippen molar-refractivity contribution in [1.29, 1.82) is 5.41 Å². The number of likely N-dealkylation sites (tertiary alicyclic amines) is 1. The molecule has 1 aromatic carbocycles. The molecular formula is C24H31ClN8O5. The number of nitrogen functional groups attached to an aromatic ring is 2. The van der Waals surface area contributed by atoms with Gasteiger partial charge in [0.2, 0.25) is 5.96 Å². The number of nitrogens with zero attached hydrogens (tertiary/aromatic N) is 4. The highest BCUT2D eigenvalue weighted by atomic mass is 35.5. The Morgan fingerprint density at radius 2 is 1.76 bits per heavy atom. The number of hydrogen-bond acceptors (Lipinski definition) is 10. The Kier molecular flexibility index (Phi) is 8.94. The Morgan fingerprint density at radius 1 is 1.13 bits per heavy atom. The van der Waals surface area contributed by atoms with E-state index in [1.165, 1.54) is 4.90 Å². The van der Waals surface area contributed by atoms with Crippen molar-refractivity contribution in [2.75, 3.05) is 24.6 Å². The van der Waals surface area contributed by atoms with Gasteiger partial charge in [-0.3, -0.25) is 20.4 Å². The summed E-state index contributed by atoms with van der Waals surface area (Å²) in [6.45, 7) is 5.77. The minimum atomic E-state index is -0.933. The Balaban J connectivity index is 1.77. The van der Waals surface area contributed by atoms with Gasteiger partial charge in [0, 0.05) is 19.1 Å². The smallest absolute Gasteiger partial charge is 0.414 e. The van der Waals surface area contributed by atoms with E-state index in [2.05, 4.69) is 15.3 Å². The second kappa shape index (κ2) is 11.9. The lowest BCUT2D eigenvalue weighted by Crippen LogP contribution is -2.55. The monoisotopic (exact) mass is 546 g/mol. The summed E-state index contributed by atoms with van der Waals surface area (Å²) in [6.07, 6.45) is -0.849. The normalized spacial score (nSPS) is 13.9. The molecule has 0 unspecified atom stereocenters. The highest BCUT2D eigenvalue weighted by Gasteiger charge is 2.36. The van der Waals surface area contributed by atoms with E-state index in [1.54, 1.807) is 45.0 Å². The van der Waals surface area contributed by atoms with Crippen molar-refractivity contribution in [3.8, 4) is 0 Å². The fourth-order valence-electron chi connectivity index (χ4n) is 3.71. The first-order valence-corrected chi connectivity index (χ1v) is 12.2. The van der Waals surface area contributed by atoms with Crippen LogP contribution in [0.3, 0.4) is 0 Å². The summed E-state index contributed by atoms with van der Waals surface area (Å²) in [5.41, 5.74) is 11.3. The number of carbonyl (C=O) groups excluding carboxylic acids is 3. The van der Waals surface area contributed by atoms with Crippen LogP contribution in [0.25, 0.3) is 0 Å². The molecule has 0 spiro atoms. The van der Waals surface area contributed by atoms with Gasteiger partial charge in [-0.15, -0.1) is 0 Å². The van der Waals surface area contributed by atoms with Crippen LogP contribution in [0.4, 0.5) is 21.2 Å². The van der Waals surface area contributed by atoms with E-state index in [0.717, 1.165) is 10.5 Å². The van der Waals surface area contributed by atoms with Gasteiger partial charge in [-0.25, -0.2) is 19.6 Å². The lowest BCUT2D eigenvalue weighted by Gasteiger charge is -2.38. The van der Waals surface area contributed by atoms with E-state index in [-0.39, 0.29) is 55.0 Å². The van der Waals surface area contributed by atoms with Crippen molar-refractivity contribution in [3.05, 3.63) is 46.7 Å². The molecule has 13 nitrogen and oxygen atoms in total. The van der Waals surface area contributed by atoms with Crippen molar-refractivity contribution in [1.82, 2.24) is 25.1 Å². The van der Waals surface area contributed by atoms with E-state index in [4.69, 9.17) is 38.0 Å². The maximum Gasteiger partial charge on any atom is 0.414 e. The fourth-order valence-corrected chi connectivity index (χ4v) is 3.84. The standard InChI is InChI=1S/C24H31ClN8O5/c1-24(2,3)38-23(36)32-11-9-15(10-12-32)33(20(34)16-18(26)30-19(27)17(25)29-16)21(28)31-22(35)37-13-14-7-5-4-6-8-14/h4-8,15H,9-13H2,1-3H3,(H4,26,27,30)(H2,28,31,35). The summed E-state index contributed by atoms with van der Waals surface area (Å²) < 4.78 is 10.6. The Morgan fingerprint density at radius 3 is 2.37 bits per heavy atom. The van der Waals surface area contributed by atoms with E-state index < -0.39 is 35.7 Å². The number of aromatic nitrogens is 2. The van der Waals surface area contributed by atoms with Crippen molar-refractivity contribution in [3.63, 3.8) is 0 Å². The van der Waals surface area contributed by atoms with E-state index in [9.17, 15) is 14.4 Å². The van der Waals surface area contributed by atoms with Crippen LogP contribution >= 0.6 is 11.6 Å². The molecule has 2 aromatic rings. The highest BCUT2D eigenvalue weighted by Crippen LogP contribution is 2.24. The molecule has 0 bridgehead atoms. The van der Waals surface area contributed by atoms with Gasteiger partial charge in [-0.2, -0.15) is 0 Å². The Bertz CT molecular complexity index is 1200. The minimum Gasteiger partial charge on any atom is -0.444 e. The predicted octanol–water partition coefficient (Wildman–Crippen LogP) is 3.00. The third-order valence-electron chi connectivity index (χ3n) is 5.48. The molecule has 6 N–H and O–H groups in total. The Hall–Kier alpha value is -4.13. The molecule has 3 rings (SSSR count). The van der Waals surface area contributed by atoms with Gasteiger partial charge in [-0.05, 0) is 39.2 Å². The summed E-state index contributed by atoms with van der Waals surface area (Å²) in [6, 6.07) is 8.38. The number of guanidine groups is 1. The largest absolute Gasteiger partial charge is 0.444 e. The number of ether oxygens (including phenoxy) is 2. The fraction of sp³-hybridized carbons (Fsp3) is 0.417. The third kappa shape index (κ3) is 7.44. The van der Waals surface area contributed by atoms with Gasteiger partial charge in [0.15, 0.2) is 22.5 Å². The van der Waals surface area contributed by atoms with Crippen LogP contribution in [0.1, 0.15) is 49.7 Å². The zero-order chi connectivity index (χ0) is 28.0. The van der Waals surface area contributed by atoms with Crippen LogP contribution in [-0.2, 0) is 16.1 Å². The Labute approximate surface area is 224 Å². The SMILES string of the molecule is CC(C)(C)OC(=O)N1CCC(N(C(=N)NC(=O)OCc2ccccc2)C(=O)c2nc(Cl)c(N)nc2N)CC1. The quantitative estimate of drug-likeness (QED) is 0.329. The number of benzene rings is 1. The second-order valence-electron chi connectivity index (χ2n) is 9.54. The molecule has 2 heterocycles. The zero-order valence-electron chi connectivity index (χ0n) is 21.4. The molecule has 1 saturated heterocycles. The lowest BCUT2D eigenvalue weighted by atomic mass is 10.0. The topological polar surface area (TPSA) is 190 Å². The maximum atomic E-state index is 13.5. The van der Waals surface area contributed by atoms with Crippen molar-refractivity contribution in [2.45, 2.75) is 51.9 Å². The molecule has 1 aliphatic heterocycles. The average molecular weight is 547 g/mol. The van der Waals surface area contributed by atoms with Gasteiger partial charge in [0.05, 0.1) is 0 Å². The number of nitrogens with two attached hydrogens (primary N) is 2. The van der Waals surface area contributed by atoms with Crippen molar-refractivity contribution < 1.29 is 23.9 Å². The van der Waals surface area contributed by atoms with Crippen LogP contribution in [0.2, 0.25) is 5.15 Å². The second-order valence-corrected chi connectivity index (χ2v) is 9.90. The molecule has 204 valence electrons. The van der Waals surface area contributed by atoms with Gasteiger partial charge < -0.3 is 25.8 Å². The van der Waals surface area contributed by atoms with E-state index >= 15 is 0 Å². The summed E-state index contributed by atoms with van der Waals surface area (Å²) in [7, 11) is 0. The summed E-state index contributed by atoms with van der Waals surface area (Å²) in [5, 5.41) is 10.6. The molecule has 3 amide bonds. The number of hydrogen-bond donors (Lipinski definition) is 4. The molecule has 0 aliphatic carbocycles. The molecule has 38 heavy (non-hydrogen) atoms. The number of piperidine rings is 1. The number of alkyl carbamates (subject to hydrolysis) is 1. The highest BCUT2D eigenvalue weighted by molar-refractivity contribution is 6.31. The van der Waals surface area contributed by atoms with Gasteiger partial charge in [-0.1, -0.05) is 41.9 Å². The predicted molar refractivity (Wildman–Crippen MR) is 140 cm³/mol. The summed E-state index contributed by atoms with van der Waals surface area (Å²) >= 11 is 5.96. The van der Waals surface area contributed by atoms with Crippen LogP contribution in [0.5, 0.6) is 0 Å². The summed E-state index contributed by atoms with van der Waals surface area (Å²) in [5.74, 6) is -1.82. The maximum absolute atomic E-state index is 13.5. The first kappa shape index (κ1) is 28.4. The van der Waals surface area contributed by atoms with Crippen LogP contribution in [0.15, 0.2) is 30.3 Å². The molecule has 1 fully saturated rings.